The molecule has 4 rings (SSSR count). The fraction of sp³-hybridized carbons (Fsp3) is 0.118. The van der Waals surface area contributed by atoms with E-state index in [9.17, 15) is 10.1 Å². The number of halogens is 1. The van der Waals surface area contributed by atoms with Gasteiger partial charge in [-0.25, -0.2) is 0 Å². The van der Waals surface area contributed by atoms with Crippen molar-refractivity contribution in [1.82, 2.24) is 14.8 Å². The van der Waals surface area contributed by atoms with E-state index < -0.39 is 4.92 Å². The van der Waals surface area contributed by atoms with Crippen molar-refractivity contribution < 1.29 is 4.92 Å². The Morgan fingerprint density at radius 1 is 1.20 bits per heavy atom. The van der Waals surface area contributed by atoms with Crippen LogP contribution in [0.2, 0.25) is 5.02 Å². The molecule has 0 unspecified atom stereocenters. The Balaban J connectivity index is 1.99. The molecule has 8 heteroatoms. The number of nitro groups is 1. The van der Waals surface area contributed by atoms with Crippen molar-refractivity contribution in [2.75, 3.05) is 6.54 Å². The van der Waals surface area contributed by atoms with Gasteiger partial charge >= 0.3 is 0 Å². The van der Waals surface area contributed by atoms with Crippen molar-refractivity contribution in [3.63, 3.8) is 0 Å². The fourth-order valence-electron chi connectivity index (χ4n) is 2.90. The van der Waals surface area contributed by atoms with E-state index >= 15 is 0 Å². The van der Waals surface area contributed by atoms with E-state index in [0.29, 0.717) is 29.3 Å². The van der Waals surface area contributed by atoms with Gasteiger partial charge in [0, 0.05) is 41.2 Å². The van der Waals surface area contributed by atoms with Gasteiger partial charge < -0.3 is 0 Å². The second-order valence-electron chi connectivity index (χ2n) is 5.57. The summed E-state index contributed by atoms with van der Waals surface area (Å²) in [4.78, 5) is 15.5. The Kier molecular flexibility index (Phi) is 3.77. The molecular weight excluding hydrogens is 342 g/mol. The van der Waals surface area contributed by atoms with Crippen LogP contribution in [-0.2, 0) is 6.42 Å². The molecule has 0 atom stereocenters. The third-order valence-corrected chi connectivity index (χ3v) is 4.26. The summed E-state index contributed by atoms with van der Waals surface area (Å²) >= 11 is 6.12. The summed E-state index contributed by atoms with van der Waals surface area (Å²) in [6, 6.07) is 12.0. The molecule has 124 valence electrons. The van der Waals surface area contributed by atoms with E-state index in [2.05, 4.69) is 15.2 Å². The Morgan fingerprint density at radius 2 is 2.08 bits per heavy atom. The Hall–Kier alpha value is -3.06. The zero-order valence-electron chi connectivity index (χ0n) is 13.0. The molecule has 0 amide bonds. The molecule has 2 aromatic carbocycles. The van der Waals surface area contributed by atoms with Gasteiger partial charge in [0.05, 0.1) is 16.3 Å². The van der Waals surface area contributed by atoms with Gasteiger partial charge in [-0.05, 0) is 18.2 Å². The second kappa shape index (κ2) is 6.10. The van der Waals surface area contributed by atoms with Crippen LogP contribution in [0.15, 0.2) is 53.8 Å². The van der Waals surface area contributed by atoms with Crippen molar-refractivity contribution in [3.8, 4) is 5.69 Å². The molecule has 7 nitrogen and oxygen atoms in total. The molecule has 2 heterocycles. The molecule has 0 spiro atoms. The minimum absolute atomic E-state index is 0.00340. The van der Waals surface area contributed by atoms with Crippen LogP contribution in [0, 0.1) is 10.1 Å². The average molecular weight is 354 g/mol. The third kappa shape index (κ3) is 2.78. The number of rotatable bonds is 2. The SMILES string of the molecule is O=[N+]([O-])c1ccc2c(c1)C(c1cccc(Cl)c1)=NCCc1nncn1-2. The summed E-state index contributed by atoms with van der Waals surface area (Å²) in [6.45, 7) is 0.503. The highest BCUT2D eigenvalue weighted by Gasteiger charge is 2.21. The lowest BCUT2D eigenvalue weighted by molar-refractivity contribution is -0.384. The van der Waals surface area contributed by atoms with Crippen molar-refractivity contribution in [1.29, 1.82) is 0 Å². The number of non-ortho nitro benzene ring substituents is 1. The second-order valence-corrected chi connectivity index (χ2v) is 6.00. The Labute approximate surface area is 147 Å². The predicted molar refractivity (Wildman–Crippen MR) is 93.7 cm³/mol. The van der Waals surface area contributed by atoms with Crippen LogP contribution in [0.4, 0.5) is 5.69 Å². The summed E-state index contributed by atoms with van der Waals surface area (Å²) in [5.41, 5.74) is 2.89. The van der Waals surface area contributed by atoms with Gasteiger partial charge in [0.25, 0.3) is 5.69 Å². The van der Waals surface area contributed by atoms with Crippen LogP contribution in [0.3, 0.4) is 0 Å². The smallest absolute Gasteiger partial charge is 0.270 e. The molecule has 0 saturated heterocycles. The summed E-state index contributed by atoms with van der Waals surface area (Å²) in [5.74, 6) is 0.768. The monoisotopic (exact) mass is 353 g/mol. The zero-order valence-corrected chi connectivity index (χ0v) is 13.7. The topological polar surface area (TPSA) is 86.2 Å². The fourth-order valence-corrected chi connectivity index (χ4v) is 3.09. The number of nitro benzene ring substituents is 1. The first-order chi connectivity index (χ1) is 12.1. The maximum absolute atomic E-state index is 11.2. The molecule has 0 fully saturated rings. The Morgan fingerprint density at radius 3 is 2.88 bits per heavy atom. The lowest BCUT2D eigenvalue weighted by atomic mass is 9.99. The lowest BCUT2D eigenvalue weighted by Crippen LogP contribution is -2.15. The molecule has 1 aliphatic heterocycles. The van der Waals surface area contributed by atoms with Crippen molar-refractivity contribution in [2.24, 2.45) is 4.99 Å². The van der Waals surface area contributed by atoms with Crippen LogP contribution in [0.1, 0.15) is 17.0 Å². The normalized spacial score (nSPS) is 13.2. The summed E-state index contributed by atoms with van der Waals surface area (Å²) in [6.07, 6.45) is 2.24. The van der Waals surface area contributed by atoms with Gasteiger partial charge in [-0.2, -0.15) is 0 Å². The summed E-state index contributed by atoms with van der Waals surface area (Å²) in [5, 5.41) is 19.9. The molecule has 1 aliphatic rings. The first kappa shape index (κ1) is 15.5. The van der Waals surface area contributed by atoms with E-state index in [1.54, 1.807) is 24.5 Å². The number of aliphatic imine (C=N–C) groups is 1. The maximum atomic E-state index is 11.2. The van der Waals surface area contributed by atoms with E-state index in [4.69, 9.17) is 11.6 Å². The van der Waals surface area contributed by atoms with E-state index in [1.807, 2.05) is 16.7 Å². The highest BCUT2D eigenvalue weighted by molar-refractivity contribution is 6.31. The predicted octanol–water partition coefficient (Wildman–Crippen LogP) is 3.22. The van der Waals surface area contributed by atoms with Crippen LogP contribution in [0.5, 0.6) is 0 Å². The molecule has 0 saturated carbocycles. The van der Waals surface area contributed by atoms with Crippen molar-refractivity contribution in [3.05, 3.63) is 80.9 Å². The van der Waals surface area contributed by atoms with Gasteiger partial charge in [0.1, 0.15) is 12.2 Å². The van der Waals surface area contributed by atoms with E-state index in [1.165, 1.54) is 12.1 Å². The number of aromatic nitrogens is 3. The van der Waals surface area contributed by atoms with Gasteiger partial charge in [-0.3, -0.25) is 19.7 Å². The molecule has 25 heavy (non-hydrogen) atoms. The van der Waals surface area contributed by atoms with E-state index in [0.717, 1.165) is 17.1 Å². The van der Waals surface area contributed by atoms with E-state index in [-0.39, 0.29) is 5.69 Å². The maximum Gasteiger partial charge on any atom is 0.270 e. The minimum Gasteiger partial charge on any atom is -0.285 e. The van der Waals surface area contributed by atoms with Gasteiger partial charge in [0.15, 0.2) is 0 Å². The van der Waals surface area contributed by atoms with Crippen LogP contribution < -0.4 is 0 Å². The molecule has 0 radical (unpaired) electrons. The number of nitrogens with zero attached hydrogens (tertiary/aromatic N) is 5. The van der Waals surface area contributed by atoms with Gasteiger partial charge in [-0.1, -0.05) is 23.7 Å². The quantitative estimate of drug-likeness (QED) is 0.523. The number of fused-ring (bicyclic) bond motifs is 3. The first-order valence-corrected chi connectivity index (χ1v) is 8.00. The molecular formula is C17H12ClN5O2. The number of hydrogen-bond donors (Lipinski definition) is 0. The van der Waals surface area contributed by atoms with Crippen LogP contribution >= 0.6 is 11.6 Å². The third-order valence-electron chi connectivity index (χ3n) is 4.03. The lowest BCUT2D eigenvalue weighted by Gasteiger charge is -2.17. The highest BCUT2D eigenvalue weighted by Crippen LogP contribution is 2.27. The number of hydrogen-bond acceptors (Lipinski definition) is 5. The summed E-state index contributed by atoms with van der Waals surface area (Å²) in [7, 11) is 0. The molecule has 3 aromatic rings. The first-order valence-electron chi connectivity index (χ1n) is 7.62. The summed E-state index contributed by atoms with van der Waals surface area (Å²) < 4.78 is 1.85. The zero-order chi connectivity index (χ0) is 17.4. The Bertz CT molecular complexity index is 1010. The minimum atomic E-state index is -0.415. The number of benzene rings is 2. The van der Waals surface area contributed by atoms with Crippen molar-refractivity contribution in [2.45, 2.75) is 6.42 Å². The van der Waals surface area contributed by atoms with Crippen LogP contribution in [0.25, 0.3) is 5.69 Å². The van der Waals surface area contributed by atoms with Gasteiger partial charge in [-0.15, -0.1) is 10.2 Å². The average Bonchev–Trinajstić information content (AvgIpc) is 3.04. The molecule has 0 aliphatic carbocycles. The van der Waals surface area contributed by atoms with Crippen LogP contribution in [-0.4, -0.2) is 31.9 Å². The highest BCUT2D eigenvalue weighted by atomic mass is 35.5. The molecule has 0 N–H and O–H groups in total. The molecule has 0 bridgehead atoms. The van der Waals surface area contributed by atoms with Gasteiger partial charge in [0.2, 0.25) is 0 Å². The molecule has 1 aromatic heterocycles. The van der Waals surface area contributed by atoms with Crippen molar-refractivity contribution >= 4 is 23.0 Å². The standard InChI is InChI=1S/C17H12ClN5O2/c18-12-3-1-2-11(8-12)17-14-9-13(23(24)25)4-5-15(14)22-10-20-21-16(22)6-7-19-17/h1-5,8-10H,6-7H2. The largest absolute Gasteiger partial charge is 0.285 e.